The van der Waals surface area contributed by atoms with Crippen LogP contribution in [0.1, 0.15) is 21.5 Å². The number of rotatable bonds is 7. The van der Waals surface area contributed by atoms with Gasteiger partial charge in [-0.05, 0) is 29.3 Å². The quantitative estimate of drug-likeness (QED) is 0.456. The molecule has 1 fully saturated rings. The molecule has 6 nitrogen and oxygen atoms in total. The van der Waals surface area contributed by atoms with Crippen molar-refractivity contribution in [3.63, 3.8) is 0 Å². The van der Waals surface area contributed by atoms with Crippen LogP contribution in [-0.4, -0.2) is 36.3 Å². The number of hydrogen-bond donors (Lipinski definition) is 1. The number of Topliss-reactive ketones (excluding diaryl/α,β-unsaturated/α-hetero) is 1. The first-order valence-electron chi connectivity index (χ1n) is 10.0. The van der Waals surface area contributed by atoms with E-state index >= 15 is 0 Å². The number of halogens is 1. The largest absolute Gasteiger partial charge is 0.494 e. The lowest BCUT2D eigenvalue weighted by molar-refractivity contribution is -0.131. The Bertz CT molecular complexity index is 1170. The molecule has 0 aromatic heterocycles. The molecule has 0 spiro atoms. The molecule has 1 aliphatic rings. The van der Waals surface area contributed by atoms with E-state index in [4.69, 9.17) is 4.74 Å². The molecule has 32 heavy (non-hydrogen) atoms. The summed E-state index contributed by atoms with van der Waals surface area (Å²) in [6.45, 7) is -0.500. The fourth-order valence-corrected chi connectivity index (χ4v) is 3.89. The smallest absolute Gasteiger partial charge is 0.325 e. The normalized spacial score (nSPS) is 17.9. The van der Waals surface area contributed by atoms with Gasteiger partial charge in [0.15, 0.2) is 22.9 Å². The number of urea groups is 1. The van der Waals surface area contributed by atoms with Gasteiger partial charge in [-0.3, -0.25) is 14.5 Å². The zero-order valence-electron chi connectivity index (χ0n) is 17.4. The fourth-order valence-electron chi connectivity index (χ4n) is 3.89. The fraction of sp³-hybridized carbons (Fsp3) is 0.160. The number of imide groups is 1. The number of methoxy groups -OCH3 is 1. The van der Waals surface area contributed by atoms with Crippen LogP contribution in [0, 0.1) is 5.82 Å². The highest BCUT2D eigenvalue weighted by Crippen LogP contribution is 2.33. The number of amides is 3. The lowest BCUT2D eigenvalue weighted by Crippen LogP contribution is -2.46. The van der Waals surface area contributed by atoms with E-state index in [2.05, 4.69) is 5.32 Å². The summed E-state index contributed by atoms with van der Waals surface area (Å²) in [5.74, 6) is -1.78. The first-order valence-corrected chi connectivity index (χ1v) is 10.0. The second-order valence-electron chi connectivity index (χ2n) is 7.53. The van der Waals surface area contributed by atoms with Gasteiger partial charge in [-0.25, -0.2) is 9.18 Å². The van der Waals surface area contributed by atoms with E-state index in [1.165, 1.54) is 19.2 Å². The van der Waals surface area contributed by atoms with Gasteiger partial charge in [-0.1, -0.05) is 60.7 Å². The Hall–Kier alpha value is -4.00. The minimum absolute atomic E-state index is 0.00231. The average molecular weight is 432 g/mol. The van der Waals surface area contributed by atoms with Crippen molar-refractivity contribution in [2.75, 3.05) is 13.7 Å². The molecule has 162 valence electrons. The molecule has 1 aliphatic heterocycles. The minimum Gasteiger partial charge on any atom is -0.494 e. The molecule has 1 heterocycles. The van der Waals surface area contributed by atoms with Crippen LogP contribution < -0.4 is 10.1 Å². The van der Waals surface area contributed by atoms with Crippen LogP contribution in [0.2, 0.25) is 0 Å². The highest BCUT2D eigenvalue weighted by atomic mass is 19.1. The van der Waals surface area contributed by atoms with Crippen LogP contribution in [0.25, 0.3) is 0 Å². The predicted octanol–water partition coefficient (Wildman–Crippen LogP) is 3.71. The molecule has 0 aliphatic carbocycles. The van der Waals surface area contributed by atoms with Crippen LogP contribution >= 0.6 is 0 Å². The number of carbonyl (C=O) groups is 3. The molecular formula is C25H21FN2O4. The van der Waals surface area contributed by atoms with Crippen LogP contribution in [0.15, 0.2) is 78.9 Å². The summed E-state index contributed by atoms with van der Waals surface area (Å²) in [4.78, 5) is 40.1. The Labute approximate surface area is 184 Å². The zero-order chi connectivity index (χ0) is 22.7. The average Bonchev–Trinajstić information content (AvgIpc) is 3.05. The third-order valence-electron chi connectivity index (χ3n) is 5.53. The van der Waals surface area contributed by atoms with Crippen molar-refractivity contribution >= 4 is 17.7 Å². The van der Waals surface area contributed by atoms with E-state index in [9.17, 15) is 18.8 Å². The summed E-state index contributed by atoms with van der Waals surface area (Å²) in [5.41, 5.74) is 0.178. The van der Waals surface area contributed by atoms with Gasteiger partial charge in [-0.2, -0.15) is 0 Å². The molecular weight excluding hydrogens is 411 g/mol. The Morgan fingerprint density at radius 1 is 1.00 bits per heavy atom. The van der Waals surface area contributed by atoms with E-state index < -0.39 is 35.6 Å². The first kappa shape index (κ1) is 21.2. The molecule has 3 amide bonds. The monoisotopic (exact) mass is 432 g/mol. The van der Waals surface area contributed by atoms with E-state index in [1.54, 1.807) is 24.3 Å². The lowest BCUT2D eigenvalue weighted by atomic mass is 9.83. The van der Waals surface area contributed by atoms with Crippen molar-refractivity contribution in [3.8, 4) is 5.75 Å². The molecule has 0 saturated carbocycles. The topological polar surface area (TPSA) is 75.7 Å². The highest BCUT2D eigenvalue weighted by Gasteiger charge is 2.52. The maximum absolute atomic E-state index is 14.0. The number of benzene rings is 3. The van der Waals surface area contributed by atoms with Crippen molar-refractivity contribution in [3.05, 3.63) is 101 Å². The Morgan fingerprint density at radius 2 is 1.66 bits per heavy atom. The standard InChI is InChI=1S/C25H21FN2O4/c1-32-22-13-12-18(14-20(22)26)21(29)16-28-23(30)25(27-24(28)31,19-10-6-3-7-11-19)15-17-8-4-2-5-9-17/h2-14H,15-16H2,1H3,(H,27,31)/t25-/m0/s1. The van der Waals surface area contributed by atoms with Gasteiger partial charge >= 0.3 is 6.03 Å². The van der Waals surface area contributed by atoms with E-state index in [1.807, 2.05) is 36.4 Å². The number of carbonyl (C=O) groups excluding carboxylic acids is 3. The maximum atomic E-state index is 14.0. The molecule has 1 saturated heterocycles. The molecule has 3 aromatic carbocycles. The number of ether oxygens (including phenoxy) is 1. The molecule has 1 N–H and O–H groups in total. The number of nitrogens with zero attached hydrogens (tertiary/aromatic N) is 1. The summed E-state index contributed by atoms with van der Waals surface area (Å²) < 4.78 is 18.9. The van der Waals surface area contributed by atoms with Gasteiger partial charge in [0.25, 0.3) is 5.91 Å². The van der Waals surface area contributed by atoms with Gasteiger partial charge in [0.05, 0.1) is 13.7 Å². The molecule has 0 bridgehead atoms. The number of hydrogen-bond acceptors (Lipinski definition) is 4. The van der Waals surface area contributed by atoms with Crippen molar-refractivity contribution in [2.45, 2.75) is 12.0 Å². The predicted molar refractivity (Wildman–Crippen MR) is 116 cm³/mol. The van der Waals surface area contributed by atoms with E-state index in [0.717, 1.165) is 16.5 Å². The summed E-state index contributed by atoms with van der Waals surface area (Å²) >= 11 is 0. The lowest BCUT2D eigenvalue weighted by Gasteiger charge is -2.27. The second-order valence-corrected chi connectivity index (χ2v) is 7.53. The summed E-state index contributed by atoms with van der Waals surface area (Å²) in [6.07, 6.45) is 0.226. The molecule has 4 rings (SSSR count). The molecule has 1 atom stereocenters. The molecule has 0 radical (unpaired) electrons. The third-order valence-corrected chi connectivity index (χ3v) is 5.53. The minimum atomic E-state index is -1.34. The van der Waals surface area contributed by atoms with Crippen LogP contribution in [0.4, 0.5) is 9.18 Å². The third kappa shape index (κ3) is 3.85. The van der Waals surface area contributed by atoms with Gasteiger partial charge in [0.1, 0.15) is 0 Å². The number of ketones is 1. The second kappa shape index (κ2) is 8.63. The maximum Gasteiger partial charge on any atom is 0.325 e. The SMILES string of the molecule is COc1ccc(C(=O)CN2C(=O)N[C@@](Cc3ccccc3)(c3ccccc3)C2=O)cc1F. The van der Waals surface area contributed by atoms with Crippen LogP contribution in [-0.2, 0) is 16.8 Å². The van der Waals surface area contributed by atoms with Gasteiger partial charge in [0.2, 0.25) is 0 Å². The Kier molecular flexibility index (Phi) is 5.73. The van der Waals surface area contributed by atoms with Crippen molar-refractivity contribution in [1.82, 2.24) is 10.2 Å². The first-order chi connectivity index (χ1) is 15.4. The molecule has 7 heteroatoms. The zero-order valence-corrected chi connectivity index (χ0v) is 17.4. The van der Waals surface area contributed by atoms with Crippen molar-refractivity contribution in [1.29, 1.82) is 0 Å². The van der Waals surface area contributed by atoms with Crippen molar-refractivity contribution in [2.24, 2.45) is 0 Å². The molecule has 0 unspecified atom stereocenters. The van der Waals surface area contributed by atoms with Gasteiger partial charge in [0, 0.05) is 12.0 Å². The van der Waals surface area contributed by atoms with Gasteiger partial charge < -0.3 is 10.1 Å². The Balaban J connectivity index is 1.65. The summed E-state index contributed by atoms with van der Waals surface area (Å²) in [7, 11) is 1.32. The Morgan fingerprint density at radius 3 is 2.28 bits per heavy atom. The summed E-state index contributed by atoms with van der Waals surface area (Å²) in [5, 5.41) is 2.81. The summed E-state index contributed by atoms with van der Waals surface area (Å²) in [6, 6.07) is 21.4. The molecule has 3 aromatic rings. The van der Waals surface area contributed by atoms with Crippen molar-refractivity contribution < 1.29 is 23.5 Å². The van der Waals surface area contributed by atoms with E-state index in [0.29, 0.717) is 5.56 Å². The number of nitrogens with one attached hydrogen (secondary N) is 1. The highest BCUT2D eigenvalue weighted by molar-refractivity contribution is 6.11. The van der Waals surface area contributed by atoms with Crippen LogP contribution in [0.3, 0.4) is 0 Å². The van der Waals surface area contributed by atoms with E-state index in [-0.39, 0.29) is 17.7 Å². The van der Waals surface area contributed by atoms with Crippen LogP contribution in [0.5, 0.6) is 5.75 Å². The van der Waals surface area contributed by atoms with Gasteiger partial charge in [-0.15, -0.1) is 0 Å².